The molecule has 3 heterocycles. The molecule has 198 valence electrons. The van der Waals surface area contributed by atoms with Crippen molar-refractivity contribution in [1.29, 1.82) is 5.26 Å². The van der Waals surface area contributed by atoms with Crippen molar-refractivity contribution in [3.8, 4) is 11.8 Å². The number of likely N-dealkylation sites (N-methyl/N-ethyl adjacent to an activating group) is 1. The molecule has 0 N–H and O–H groups in total. The van der Waals surface area contributed by atoms with Crippen LogP contribution in [0.2, 0.25) is 0 Å². The maximum atomic E-state index is 12.7. The third-order valence-corrected chi connectivity index (χ3v) is 7.89. The molecule has 1 fully saturated rings. The quantitative estimate of drug-likeness (QED) is 0.528. The number of fused-ring (bicyclic) bond motifs is 2. The topological polar surface area (TPSA) is 85.0 Å². The average Bonchev–Trinajstić information content (AvgIpc) is 2.94. The highest BCUT2D eigenvalue weighted by Crippen LogP contribution is 2.44. The molecule has 2 aliphatic rings. The van der Waals surface area contributed by atoms with Crippen molar-refractivity contribution in [3.63, 3.8) is 0 Å². The van der Waals surface area contributed by atoms with Crippen LogP contribution in [-0.4, -0.2) is 68.3 Å². The zero-order valence-corrected chi connectivity index (χ0v) is 22.7. The summed E-state index contributed by atoms with van der Waals surface area (Å²) in [5.41, 5.74) is 5.94. The molecule has 1 saturated heterocycles. The summed E-state index contributed by atoms with van der Waals surface area (Å²) in [5.74, 6) is 0.757. The molecule has 9 nitrogen and oxygen atoms in total. The molecule has 3 aromatic rings. The van der Waals surface area contributed by atoms with Crippen LogP contribution in [0.25, 0.3) is 10.9 Å². The van der Waals surface area contributed by atoms with E-state index in [0.29, 0.717) is 43.1 Å². The van der Waals surface area contributed by atoms with Crippen molar-refractivity contribution in [2.45, 2.75) is 20.8 Å². The normalized spacial score (nSPS) is 15.5. The number of piperazine rings is 1. The van der Waals surface area contributed by atoms with Gasteiger partial charge < -0.3 is 28.9 Å². The number of benzene rings is 2. The highest BCUT2D eigenvalue weighted by atomic mass is 16.5. The van der Waals surface area contributed by atoms with Gasteiger partial charge in [-0.3, -0.25) is 9.59 Å². The molecule has 2 aromatic carbocycles. The molecule has 2 aliphatic heterocycles. The van der Waals surface area contributed by atoms with E-state index in [1.54, 1.807) is 25.6 Å². The number of rotatable bonds is 4. The Morgan fingerprint density at radius 2 is 1.71 bits per heavy atom. The lowest BCUT2D eigenvalue weighted by molar-refractivity contribution is -0.129. The maximum Gasteiger partial charge on any atom is 0.253 e. The van der Waals surface area contributed by atoms with Crippen molar-refractivity contribution < 1.29 is 9.53 Å². The van der Waals surface area contributed by atoms with Gasteiger partial charge in [0.15, 0.2) is 0 Å². The summed E-state index contributed by atoms with van der Waals surface area (Å²) in [6.45, 7) is 10.6. The van der Waals surface area contributed by atoms with Gasteiger partial charge in [-0.05, 0) is 32.0 Å². The number of pyridine rings is 1. The number of nitrogens with zero attached hydrogens (tertiary/aromatic N) is 6. The smallest absolute Gasteiger partial charge is 0.253 e. The van der Waals surface area contributed by atoms with Crippen molar-refractivity contribution in [3.05, 3.63) is 51.8 Å². The number of anilines is 4. The Bertz CT molecular complexity index is 1510. The van der Waals surface area contributed by atoms with Gasteiger partial charge in [0.05, 0.1) is 40.9 Å². The zero-order valence-electron chi connectivity index (χ0n) is 22.7. The molecule has 0 radical (unpaired) electrons. The summed E-state index contributed by atoms with van der Waals surface area (Å²) in [7, 11) is 3.42. The number of aryl methyl sites for hydroxylation is 2. The second kappa shape index (κ2) is 9.93. The van der Waals surface area contributed by atoms with E-state index >= 15 is 0 Å². The highest BCUT2D eigenvalue weighted by molar-refractivity contribution is 5.98. The van der Waals surface area contributed by atoms with Crippen molar-refractivity contribution >= 4 is 39.6 Å². The maximum absolute atomic E-state index is 12.7. The number of aromatic nitrogens is 1. The van der Waals surface area contributed by atoms with Crippen LogP contribution in [0, 0.1) is 18.3 Å². The monoisotopic (exact) mass is 514 g/mol. The largest absolute Gasteiger partial charge is 0.497 e. The SMILES string of the molecule is CCN1CCN(c2cc(OC)cc3c2cc(C)c(=O)n3C)c2cc(C#N)c(N3CCN(C(C)=O)CC3)cc21. The fourth-order valence-corrected chi connectivity index (χ4v) is 5.71. The minimum absolute atomic E-state index is 0.0332. The van der Waals surface area contributed by atoms with Crippen molar-refractivity contribution in [1.82, 2.24) is 9.47 Å². The molecular weight excluding hydrogens is 480 g/mol. The Balaban J connectivity index is 1.66. The summed E-state index contributed by atoms with van der Waals surface area (Å²) in [5, 5.41) is 11.2. The van der Waals surface area contributed by atoms with E-state index in [2.05, 4.69) is 33.8 Å². The summed E-state index contributed by atoms with van der Waals surface area (Å²) in [4.78, 5) is 33.2. The molecule has 1 amide bonds. The molecular formula is C29H34N6O3. The Labute approximate surface area is 223 Å². The molecule has 0 atom stereocenters. The second-order valence-corrected chi connectivity index (χ2v) is 9.97. The Kier molecular flexibility index (Phi) is 6.66. The molecule has 5 rings (SSSR count). The minimum Gasteiger partial charge on any atom is -0.497 e. The van der Waals surface area contributed by atoms with Gasteiger partial charge in [0, 0.05) is 82.9 Å². The molecule has 0 bridgehead atoms. The van der Waals surface area contributed by atoms with Gasteiger partial charge in [-0.1, -0.05) is 0 Å². The Morgan fingerprint density at radius 1 is 0.974 bits per heavy atom. The highest BCUT2D eigenvalue weighted by Gasteiger charge is 2.29. The number of hydrogen-bond acceptors (Lipinski definition) is 7. The number of ether oxygens (including phenoxy) is 1. The standard InChI is InChI=1S/C29H34N6O3/c1-6-32-11-12-35(26-16-22(38-5)15-25-23(26)13-19(2)29(37)31(25)4)28-14-21(18-30)24(17-27(28)32)34-9-7-33(8-10-34)20(3)36/h13-17H,6-12H2,1-5H3. The molecule has 38 heavy (non-hydrogen) atoms. The van der Waals surface area contributed by atoms with Crippen LogP contribution < -0.4 is 25.0 Å². The van der Waals surface area contributed by atoms with Crippen LogP contribution >= 0.6 is 0 Å². The first kappa shape index (κ1) is 25.5. The first-order valence-electron chi connectivity index (χ1n) is 13.1. The zero-order chi connectivity index (χ0) is 27.1. The summed E-state index contributed by atoms with van der Waals surface area (Å²) >= 11 is 0. The third-order valence-electron chi connectivity index (χ3n) is 7.89. The lowest BCUT2D eigenvalue weighted by Crippen LogP contribution is -2.48. The molecule has 0 aliphatic carbocycles. The first-order valence-corrected chi connectivity index (χ1v) is 13.1. The van der Waals surface area contributed by atoms with Crippen molar-refractivity contribution in [2.24, 2.45) is 7.05 Å². The summed E-state index contributed by atoms with van der Waals surface area (Å²) < 4.78 is 7.31. The van der Waals surface area contributed by atoms with E-state index in [-0.39, 0.29) is 11.5 Å². The predicted molar refractivity (Wildman–Crippen MR) is 151 cm³/mol. The van der Waals surface area contributed by atoms with E-state index in [0.717, 1.165) is 53.3 Å². The number of carbonyl (C=O) groups is 1. The third kappa shape index (κ3) is 4.20. The second-order valence-electron chi connectivity index (χ2n) is 9.97. The van der Waals surface area contributed by atoms with Gasteiger partial charge in [0.2, 0.25) is 5.91 Å². The number of carbonyl (C=O) groups excluding carboxylic acids is 1. The summed E-state index contributed by atoms with van der Waals surface area (Å²) in [6.07, 6.45) is 0. The van der Waals surface area contributed by atoms with Crippen LogP contribution in [0.3, 0.4) is 0 Å². The lowest BCUT2D eigenvalue weighted by atomic mass is 10.0. The minimum atomic E-state index is -0.0332. The van der Waals surface area contributed by atoms with E-state index in [9.17, 15) is 14.9 Å². The van der Waals surface area contributed by atoms with Gasteiger partial charge in [0.1, 0.15) is 11.8 Å². The lowest BCUT2D eigenvalue weighted by Gasteiger charge is -2.41. The number of hydrogen-bond donors (Lipinski definition) is 0. The number of methoxy groups -OCH3 is 1. The van der Waals surface area contributed by atoms with Gasteiger partial charge in [-0.2, -0.15) is 5.26 Å². The Morgan fingerprint density at radius 3 is 2.34 bits per heavy atom. The van der Waals surface area contributed by atoms with Gasteiger partial charge in [-0.15, -0.1) is 0 Å². The Hall–Kier alpha value is -4.19. The van der Waals surface area contributed by atoms with Gasteiger partial charge in [-0.25, -0.2) is 0 Å². The van der Waals surface area contributed by atoms with Crippen LogP contribution in [0.5, 0.6) is 5.75 Å². The van der Waals surface area contributed by atoms with Crippen LogP contribution in [-0.2, 0) is 11.8 Å². The van der Waals surface area contributed by atoms with Gasteiger partial charge >= 0.3 is 0 Å². The fourth-order valence-electron chi connectivity index (χ4n) is 5.71. The molecule has 0 saturated carbocycles. The van der Waals surface area contributed by atoms with Crippen LogP contribution in [0.1, 0.15) is 25.0 Å². The van der Waals surface area contributed by atoms with Crippen LogP contribution in [0.4, 0.5) is 22.7 Å². The fraction of sp³-hybridized carbons (Fsp3) is 0.414. The van der Waals surface area contributed by atoms with E-state index in [1.165, 1.54) is 0 Å². The molecule has 1 aromatic heterocycles. The molecule has 0 unspecified atom stereocenters. The van der Waals surface area contributed by atoms with Crippen molar-refractivity contribution in [2.75, 3.05) is 67.6 Å². The average molecular weight is 515 g/mol. The number of nitriles is 1. The first-order chi connectivity index (χ1) is 18.3. The van der Waals surface area contributed by atoms with E-state index in [4.69, 9.17) is 4.74 Å². The molecule has 9 heteroatoms. The van der Waals surface area contributed by atoms with E-state index in [1.807, 2.05) is 36.1 Å². The number of amides is 1. The summed E-state index contributed by atoms with van der Waals surface area (Å²) in [6, 6.07) is 12.4. The van der Waals surface area contributed by atoms with Gasteiger partial charge in [0.25, 0.3) is 5.56 Å². The van der Waals surface area contributed by atoms with E-state index < -0.39 is 0 Å². The predicted octanol–water partition coefficient (Wildman–Crippen LogP) is 3.37. The van der Waals surface area contributed by atoms with Crippen LogP contribution in [0.15, 0.2) is 35.1 Å². The molecule has 0 spiro atoms.